The minimum Gasteiger partial charge on any atom is -0.392 e. The first-order chi connectivity index (χ1) is 40.4. The van der Waals surface area contributed by atoms with Gasteiger partial charge in [-0.15, -0.1) is 25.7 Å². The highest BCUT2D eigenvalue weighted by atomic mass is 19.1. The number of ether oxygens (including phenoxy) is 4. The predicted molar refractivity (Wildman–Crippen MR) is 306 cm³/mol. The molecule has 29 nitrogen and oxygen atoms in total. The Bertz CT molecular complexity index is 3720. The van der Waals surface area contributed by atoms with Gasteiger partial charge in [0.1, 0.15) is 42.7 Å². The molecule has 33 heteroatoms. The van der Waals surface area contributed by atoms with Crippen molar-refractivity contribution in [3.63, 3.8) is 0 Å². The van der Waals surface area contributed by atoms with E-state index in [9.17, 15) is 43.1 Å². The van der Waals surface area contributed by atoms with Gasteiger partial charge in [0.15, 0.2) is 84.7 Å². The third kappa shape index (κ3) is 11.9. The second-order valence-electron chi connectivity index (χ2n) is 19.7. The molecule has 12 heterocycles. The first-order valence-electron chi connectivity index (χ1n) is 25.9. The van der Waals surface area contributed by atoms with Crippen molar-refractivity contribution >= 4 is 67.9 Å². The summed E-state index contributed by atoms with van der Waals surface area (Å²) >= 11 is 0. The van der Waals surface area contributed by atoms with Crippen molar-refractivity contribution in [3.8, 4) is 49.4 Å². The molecule has 13 N–H and O–H groups in total. The molecule has 4 saturated heterocycles. The second-order valence-corrected chi connectivity index (χ2v) is 19.7. The van der Waals surface area contributed by atoms with E-state index < -0.39 is 90.8 Å². The summed E-state index contributed by atoms with van der Waals surface area (Å²) < 4.78 is 89.6. The number of aliphatic hydroxyl groups excluding tert-OH is 5. The zero-order chi connectivity index (χ0) is 61.7. The predicted octanol–water partition coefficient (Wildman–Crippen LogP) is 2.64. The normalized spacial score (nSPS) is 28.4. The number of fused-ring (bicyclic) bond motifs is 4. The van der Waals surface area contributed by atoms with Gasteiger partial charge >= 0.3 is 24.3 Å². The fourth-order valence-corrected chi connectivity index (χ4v) is 10.2. The molecule has 12 rings (SSSR count). The summed E-state index contributed by atoms with van der Waals surface area (Å²) in [5.74, 6) is 9.48. The number of hydrogen-bond donors (Lipinski definition) is 9. The quantitative estimate of drug-likeness (QED) is 0.0600. The molecule has 464 valence electrons. The standard InChI is InChI=1S/C14H16FN5O.C13H14FN5O2.2C12H12FN5O3.3CH4/c1-4-14(5-2)8(3)6-9(21-14)20-7-17-10-11(16)18-13(15)19-12(10)20;1-3-13(5-20)7(2)4-8(21-13)19-6-16-9-10(15)17-12(14)18-11(9)19;2*1-2-12(4-19)6(20)3-7(21-12)18-5-15-8-9(14)16-11(13)17-10(8)18;;;/h1,7-9H,5-6H2,2-3H3,(H2,16,18,19);1,6-8,20H,4-5H2,2H3,(H2,15,17,18);2*1,5-7,19-20H,3-4H2,(H2,14,16,17);3*1H4/t8-,9+,14+;7-,8+,13+;2*6-,7+,12+;;;/m0000.../s1/i;;4D;;;;/t;;4?,6-,7+,12+;;;;. The van der Waals surface area contributed by atoms with Crippen LogP contribution in [0.1, 0.15) is 101 Å². The van der Waals surface area contributed by atoms with E-state index in [1.807, 2.05) is 20.8 Å². The molecule has 1 unspecified atom stereocenters. The summed E-state index contributed by atoms with van der Waals surface area (Å²) in [6.07, 6.45) is 20.7. The Morgan fingerprint density at radius 3 is 1.00 bits per heavy atom. The lowest BCUT2D eigenvalue weighted by molar-refractivity contribution is -0.0892. The van der Waals surface area contributed by atoms with Crippen molar-refractivity contribution in [1.29, 1.82) is 0 Å². The number of hydrogen-bond acceptors (Lipinski definition) is 25. The lowest BCUT2D eigenvalue weighted by atomic mass is 9.87. The van der Waals surface area contributed by atoms with E-state index in [0.717, 1.165) is 0 Å². The Kier molecular flexibility index (Phi) is 19.5. The molecule has 4 aliphatic heterocycles. The number of rotatable bonds is 8. The summed E-state index contributed by atoms with van der Waals surface area (Å²) in [7, 11) is 0. The molecule has 13 atom stereocenters. The summed E-state index contributed by atoms with van der Waals surface area (Å²) in [6.45, 7) is 3.25. The Morgan fingerprint density at radius 2 is 0.759 bits per heavy atom. The molecule has 0 amide bonds. The number of aromatic nitrogens is 16. The number of halogens is 4. The number of nitrogen functional groups attached to an aromatic ring is 4. The Hall–Kier alpha value is -9.00. The van der Waals surface area contributed by atoms with Crippen LogP contribution in [0.2, 0.25) is 0 Å². The topological polar surface area (TPSA) is 417 Å². The highest BCUT2D eigenvalue weighted by molar-refractivity contribution is 5.83. The molecule has 87 heavy (non-hydrogen) atoms. The molecule has 0 radical (unpaired) electrons. The van der Waals surface area contributed by atoms with Crippen LogP contribution in [-0.4, -0.2) is 158 Å². The Labute approximate surface area is 496 Å². The van der Waals surface area contributed by atoms with Crippen LogP contribution in [0.5, 0.6) is 0 Å². The van der Waals surface area contributed by atoms with Crippen molar-refractivity contribution in [2.75, 3.05) is 42.7 Å². The average Bonchev–Trinajstić information content (AvgIpc) is 2.90. The maximum Gasteiger partial charge on any atom is 0.312 e. The Morgan fingerprint density at radius 1 is 0.494 bits per heavy atom. The maximum absolute atomic E-state index is 13.4. The number of anilines is 4. The third-order valence-electron chi connectivity index (χ3n) is 15.0. The van der Waals surface area contributed by atoms with E-state index in [1.165, 1.54) is 34.4 Å². The SMILES string of the molecule is C.C.C.C#C[C@]1(CC)O[C@@H](n2cnc3c(N)nc(F)nc32)C[C@@H]1C.C#C[C@]1(CO)O[C@@H](n2cnc3c(N)nc(F)nc32)C[C@@H]1C.C#C[C@]1(CO)O[C@@H](n2cnc3c(N)nc(F)nc32)C[C@@H]1O.[2H]C(O)[C@@]1(C#C)O[C@@H](n2cnc3c(N)nc(F)nc32)C[C@@H]1O. The number of terminal acetylenes is 4. The van der Waals surface area contributed by atoms with Gasteiger partial charge in [0, 0.05) is 24.7 Å². The molecule has 0 bridgehead atoms. The van der Waals surface area contributed by atoms with Crippen LogP contribution >= 0.6 is 0 Å². The smallest absolute Gasteiger partial charge is 0.312 e. The largest absolute Gasteiger partial charge is 0.392 e. The van der Waals surface area contributed by atoms with Gasteiger partial charge in [-0.1, -0.05) is 66.7 Å². The van der Waals surface area contributed by atoms with E-state index in [2.05, 4.69) is 83.5 Å². The summed E-state index contributed by atoms with van der Waals surface area (Å²) in [6, 6.07) is 0. The van der Waals surface area contributed by atoms with Crippen molar-refractivity contribution in [2.45, 2.75) is 135 Å². The summed E-state index contributed by atoms with van der Waals surface area (Å²) in [5, 5.41) is 48.4. The summed E-state index contributed by atoms with van der Waals surface area (Å²) in [4.78, 5) is 44.6. The van der Waals surface area contributed by atoms with E-state index >= 15 is 0 Å². The minimum atomic E-state index is -1.88. The van der Waals surface area contributed by atoms with E-state index in [1.54, 1.807) is 9.13 Å². The zero-order valence-corrected chi connectivity index (χ0v) is 44.6. The van der Waals surface area contributed by atoms with Gasteiger partial charge in [-0.05, 0) is 19.3 Å². The first-order valence-corrected chi connectivity index (χ1v) is 25.3. The van der Waals surface area contributed by atoms with Gasteiger partial charge in [0.2, 0.25) is 0 Å². The molecule has 8 aromatic heterocycles. The molecule has 0 saturated carbocycles. The van der Waals surface area contributed by atoms with Gasteiger partial charge in [-0.25, -0.2) is 19.9 Å². The highest BCUT2D eigenvalue weighted by Gasteiger charge is 2.50. The first kappa shape index (κ1) is 65.5. The fraction of sp³-hybridized carbons (Fsp3) is 0.481. The number of aliphatic hydroxyl groups is 5. The van der Waals surface area contributed by atoms with Crippen LogP contribution in [0.4, 0.5) is 40.8 Å². The molecule has 0 aliphatic carbocycles. The van der Waals surface area contributed by atoms with Crippen LogP contribution < -0.4 is 22.9 Å². The third-order valence-corrected chi connectivity index (χ3v) is 15.0. The monoisotopic (exact) mass is 1220 g/mol. The highest BCUT2D eigenvalue weighted by Crippen LogP contribution is 2.45. The molecule has 0 aromatic carbocycles. The van der Waals surface area contributed by atoms with E-state index in [-0.39, 0.29) is 111 Å². The van der Waals surface area contributed by atoms with Crippen molar-refractivity contribution in [2.24, 2.45) is 11.8 Å². The molecule has 4 aliphatic rings. The zero-order valence-electron chi connectivity index (χ0n) is 45.6. The minimum absolute atomic E-state index is 0. The molecule has 8 aromatic rings. The van der Waals surface area contributed by atoms with E-state index in [4.69, 9.17) is 68.9 Å². The molecule has 0 spiro atoms. The van der Waals surface area contributed by atoms with Crippen LogP contribution in [0, 0.1) is 85.5 Å². The van der Waals surface area contributed by atoms with Crippen molar-refractivity contribution < 1.29 is 63.4 Å². The Balaban J connectivity index is 0.000000185. The average molecular weight is 1220 g/mol. The molecule has 4 fully saturated rings. The van der Waals surface area contributed by atoms with Crippen molar-refractivity contribution in [1.82, 2.24) is 78.1 Å². The van der Waals surface area contributed by atoms with Gasteiger partial charge < -0.3 is 67.4 Å². The van der Waals surface area contributed by atoms with Gasteiger partial charge in [0.05, 0.1) is 46.5 Å². The fourth-order valence-electron chi connectivity index (χ4n) is 10.2. The van der Waals surface area contributed by atoms with Crippen LogP contribution in [0.3, 0.4) is 0 Å². The number of imidazole rings is 4. The van der Waals surface area contributed by atoms with Gasteiger partial charge in [0.25, 0.3) is 0 Å². The summed E-state index contributed by atoms with van der Waals surface area (Å²) in [5.41, 5.74) is 19.2. The molecular weight excluding hydrogens is 1150 g/mol. The van der Waals surface area contributed by atoms with Crippen LogP contribution in [-0.2, 0) is 18.9 Å². The second kappa shape index (κ2) is 25.9. The lowest BCUT2D eigenvalue weighted by Crippen LogP contribution is -2.41. The lowest BCUT2D eigenvalue weighted by Gasteiger charge is -2.25. The van der Waals surface area contributed by atoms with Crippen LogP contribution in [0.15, 0.2) is 25.3 Å². The number of nitrogens with two attached hydrogens (primary N) is 4. The van der Waals surface area contributed by atoms with Crippen LogP contribution in [0.25, 0.3) is 44.7 Å². The van der Waals surface area contributed by atoms with Gasteiger partial charge in [-0.3, -0.25) is 18.3 Å². The maximum atomic E-state index is 13.4. The van der Waals surface area contributed by atoms with Gasteiger partial charge in [-0.2, -0.15) is 57.4 Å². The van der Waals surface area contributed by atoms with E-state index in [0.29, 0.717) is 35.9 Å². The van der Waals surface area contributed by atoms with Crippen molar-refractivity contribution in [3.05, 3.63) is 49.6 Å². The number of nitrogens with zero attached hydrogens (tertiary/aromatic N) is 16. The molecular formula is C54H66F4N20O9.